The van der Waals surface area contributed by atoms with E-state index in [4.69, 9.17) is 14.2 Å². The van der Waals surface area contributed by atoms with Crippen LogP contribution in [0.4, 0.5) is 0 Å². The van der Waals surface area contributed by atoms with Gasteiger partial charge in [0.05, 0.1) is 44.5 Å². The van der Waals surface area contributed by atoms with Crippen LogP contribution < -0.4 is 4.72 Å². The lowest BCUT2D eigenvalue weighted by Gasteiger charge is -2.31. The molecule has 0 aromatic heterocycles. The van der Waals surface area contributed by atoms with Crippen LogP contribution in [0.1, 0.15) is 25.8 Å². The van der Waals surface area contributed by atoms with Gasteiger partial charge in [-0.25, -0.2) is 8.42 Å². The molecule has 0 spiro atoms. The second-order valence-corrected chi connectivity index (χ2v) is 9.17. The van der Waals surface area contributed by atoms with E-state index < -0.39 is 16.1 Å². The summed E-state index contributed by atoms with van der Waals surface area (Å²) in [5, 5.41) is 0. The van der Waals surface area contributed by atoms with E-state index in [-0.39, 0.29) is 16.7 Å². The first-order valence-corrected chi connectivity index (χ1v) is 11.9. The van der Waals surface area contributed by atoms with Crippen molar-refractivity contribution in [3.8, 4) is 0 Å². The standard InChI is InChI=1S/C21H34N2O6S/c1-4-18(3)20(22-30(25,26)19-7-5-17(2)6-8-19)21(24)23-9-11-27-13-15-29-16-14-28-12-10-23/h5-8,18,20,22H,4,9-16H2,1-3H3/t18-,20-/m1/s1. The first-order valence-electron chi connectivity index (χ1n) is 10.5. The number of aryl methyl sites for hydroxylation is 1. The highest BCUT2D eigenvalue weighted by Crippen LogP contribution is 2.16. The van der Waals surface area contributed by atoms with E-state index in [9.17, 15) is 13.2 Å². The van der Waals surface area contributed by atoms with Gasteiger partial charge in [0.15, 0.2) is 0 Å². The van der Waals surface area contributed by atoms with Gasteiger partial charge in [0.2, 0.25) is 15.9 Å². The van der Waals surface area contributed by atoms with Crippen molar-refractivity contribution in [2.24, 2.45) is 5.92 Å². The maximum absolute atomic E-state index is 13.3. The second kappa shape index (κ2) is 12.4. The number of ether oxygens (including phenoxy) is 3. The molecule has 0 aliphatic carbocycles. The van der Waals surface area contributed by atoms with Crippen molar-refractivity contribution < 1.29 is 27.4 Å². The highest BCUT2D eigenvalue weighted by atomic mass is 32.2. The molecular formula is C21H34N2O6S. The van der Waals surface area contributed by atoms with Gasteiger partial charge in [0.1, 0.15) is 6.04 Å². The minimum Gasteiger partial charge on any atom is -0.377 e. The second-order valence-electron chi connectivity index (χ2n) is 7.46. The molecule has 9 heteroatoms. The number of sulfonamides is 1. The molecule has 2 rings (SSSR count). The van der Waals surface area contributed by atoms with Gasteiger partial charge in [-0.05, 0) is 25.0 Å². The lowest BCUT2D eigenvalue weighted by atomic mass is 9.99. The quantitative estimate of drug-likeness (QED) is 0.719. The molecule has 1 aliphatic rings. The summed E-state index contributed by atoms with van der Waals surface area (Å²) < 4.78 is 44.9. The molecule has 0 saturated carbocycles. The smallest absolute Gasteiger partial charge is 0.241 e. The van der Waals surface area contributed by atoms with Crippen molar-refractivity contribution >= 4 is 15.9 Å². The Morgan fingerprint density at radius 3 is 2.00 bits per heavy atom. The molecule has 2 atom stereocenters. The summed E-state index contributed by atoms with van der Waals surface area (Å²) in [6, 6.07) is 5.72. The molecule has 1 aromatic rings. The van der Waals surface area contributed by atoms with Crippen LogP contribution in [-0.4, -0.2) is 78.0 Å². The molecule has 1 aromatic carbocycles. The molecule has 0 unspecified atom stereocenters. The Bertz CT molecular complexity index is 741. The Balaban J connectivity index is 2.16. The van der Waals surface area contributed by atoms with Crippen LogP contribution in [0.2, 0.25) is 0 Å². The molecule has 30 heavy (non-hydrogen) atoms. The van der Waals surface area contributed by atoms with Crippen LogP contribution in [0, 0.1) is 12.8 Å². The Kier molecular flexibility index (Phi) is 10.2. The first-order chi connectivity index (χ1) is 14.3. The molecule has 170 valence electrons. The van der Waals surface area contributed by atoms with Crippen molar-refractivity contribution in [1.29, 1.82) is 0 Å². The van der Waals surface area contributed by atoms with E-state index in [0.717, 1.165) is 5.56 Å². The average molecular weight is 443 g/mol. The molecule has 1 heterocycles. The fourth-order valence-electron chi connectivity index (χ4n) is 3.02. The van der Waals surface area contributed by atoms with Crippen molar-refractivity contribution in [3.05, 3.63) is 29.8 Å². The van der Waals surface area contributed by atoms with Gasteiger partial charge in [-0.1, -0.05) is 38.0 Å². The summed E-state index contributed by atoms with van der Waals surface area (Å²) in [6.07, 6.45) is 0.658. The van der Waals surface area contributed by atoms with Gasteiger partial charge in [0, 0.05) is 13.1 Å². The third-order valence-electron chi connectivity index (χ3n) is 5.16. The molecule has 0 radical (unpaired) electrons. The lowest BCUT2D eigenvalue weighted by molar-refractivity contribution is -0.136. The number of nitrogens with zero attached hydrogens (tertiary/aromatic N) is 1. The molecule has 1 saturated heterocycles. The highest BCUT2D eigenvalue weighted by molar-refractivity contribution is 7.89. The van der Waals surface area contributed by atoms with Crippen molar-refractivity contribution in [3.63, 3.8) is 0 Å². The van der Waals surface area contributed by atoms with Crippen LogP contribution in [-0.2, 0) is 29.0 Å². The Morgan fingerprint density at radius 2 is 1.50 bits per heavy atom. The fraction of sp³-hybridized carbons (Fsp3) is 0.667. The maximum Gasteiger partial charge on any atom is 0.241 e. The molecule has 1 aliphatic heterocycles. The van der Waals surface area contributed by atoms with Crippen molar-refractivity contribution in [2.75, 3.05) is 52.7 Å². The molecule has 8 nitrogen and oxygen atoms in total. The number of nitrogens with one attached hydrogen (secondary N) is 1. The fourth-order valence-corrected chi connectivity index (χ4v) is 4.32. The minimum absolute atomic E-state index is 0.148. The topological polar surface area (TPSA) is 94.2 Å². The number of amides is 1. The van der Waals surface area contributed by atoms with E-state index in [2.05, 4.69) is 4.72 Å². The Morgan fingerprint density at radius 1 is 1.00 bits per heavy atom. The first kappa shape index (κ1) is 24.7. The monoisotopic (exact) mass is 442 g/mol. The number of rotatable bonds is 6. The summed E-state index contributed by atoms with van der Waals surface area (Å²) >= 11 is 0. The van der Waals surface area contributed by atoms with E-state index >= 15 is 0 Å². The van der Waals surface area contributed by atoms with Gasteiger partial charge in [-0.3, -0.25) is 4.79 Å². The Hall–Kier alpha value is -1.52. The van der Waals surface area contributed by atoms with E-state index in [1.165, 1.54) is 0 Å². The molecule has 1 amide bonds. The zero-order valence-electron chi connectivity index (χ0n) is 18.1. The van der Waals surface area contributed by atoms with Gasteiger partial charge in [-0.2, -0.15) is 4.72 Å². The van der Waals surface area contributed by atoms with Crippen LogP contribution in [0.5, 0.6) is 0 Å². The molecule has 0 bridgehead atoms. The van der Waals surface area contributed by atoms with Gasteiger partial charge in [0.25, 0.3) is 0 Å². The third kappa shape index (κ3) is 7.63. The largest absolute Gasteiger partial charge is 0.377 e. The van der Waals surface area contributed by atoms with Gasteiger partial charge < -0.3 is 19.1 Å². The highest BCUT2D eigenvalue weighted by Gasteiger charge is 2.32. The SMILES string of the molecule is CC[C@@H](C)[C@@H](NS(=O)(=O)c1ccc(C)cc1)C(=O)N1CCOCCOCCOCC1. The normalized spacial score (nSPS) is 19.4. The van der Waals surface area contributed by atoms with Crippen LogP contribution >= 0.6 is 0 Å². The van der Waals surface area contributed by atoms with Crippen LogP contribution in [0.15, 0.2) is 29.2 Å². The predicted octanol–water partition coefficient (Wildman–Crippen LogP) is 1.58. The van der Waals surface area contributed by atoms with E-state index in [1.54, 1.807) is 29.2 Å². The third-order valence-corrected chi connectivity index (χ3v) is 6.62. The van der Waals surface area contributed by atoms with Crippen LogP contribution in [0.25, 0.3) is 0 Å². The van der Waals surface area contributed by atoms with Crippen LogP contribution in [0.3, 0.4) is 0 Å². The number of hydrogen-bond acceptors (Lipinski definition) is 6. The van der Waals surface area contributed by atoms with Gasteiger partial charge in [-0.15, -0.1) is 0 Å². The molecule has 1 N–H and O–H groups in total. The maximum atomic E-state index is 13.3. The minimum atomic E-state index is -3.83. The summed E-state index contributed by atoms with van der Waals surface area (Å²) in [7, 11) is -3.83. The average Bonchev–Trinajstić information content (AvgIpc) is 2.72. The van der Waals surface area contributed by atoms with Crippen molar-refractivity contribution in [1.82, 2.24) is 9.62 Å². The number of hydrogen-bond donors (Lipinski definition) is 1. The summed E-state index contributed by atoms with van der Waals surface area (Å²) in [4.78, 5) is 15.1. The lowest BCUT2D eigenvalue weighted by Crippen LogP contribution is -2.53. The zero-order chi connectivity index (χ0) is 22.0. The molecule has 1 fully saturated rings. The Labute approximate surface area is 179 Å². The predicted molar refractivity (Wildman–Crippen MR) is 114 cm³/mol. The number of benzene rings is 1. The summed E-state index contributed by atoms with van der Waals surface area (Å²) in [6.45, 7) is 8.97. The van der Waals surface area contributed by atoms with E-state index in [0.29, 0.717) is 59.2 Å². The number of carbonyl (C=O) groups excluding carboxylic acids is 1. The summed E-state index contributed by atoms with van der Waals surface area (Å²) in [5.41, 5.74) is 0.966. The summed E-state index contributed by atoms with van der Waals surface area (Å²) in [5.74, 6) is -0.435. The van der Waals surface area contributed by atoms with E-state index in [1.807, 2.05) is 20.8 Å². The van der Waals surface area contributed by atoms with Crippen molar-refractivity contribution in [2.45, 2.75) is 38.1 Å². The molecular weight excluding hydrogens is 408 g/mol. The van der Waals surface area contributed by atoms with Gasteiger partial charge >= 0.3 is 0 Å². The zero-order valence-corrected chi connectivity index (χ0v) is 18.9. The number of carbonyl (C=O) groups is 1.